The Labute approximate surface area is 142 Å². The van der Waals surface area contributed by atoms with E-state index >= 15 is 0 Å². The van der Waals surface area contributed by atoms with Crippen LogP contribution in [0.2, 0.25) is 0 Å². The molecule has 4 nitrogen and oxygen atoms in total. The summed E-state index contributed by atoms with van der Waals surface area (Å²) in [7, 11) is 0. The number of thioether (sulfide) groups is 1. The first-order valence-electron chi connectivity index (χ1n) is 8.10. The molecule has 1 saturated heterocycles. The van der Waals surface area contributed by atoms with Crippen LogP contribution >= 0.6 is 11.8 Å². The summed E-state index contributed by atoms with van der Waals surface area (Å²) in [5.41, 5.74) is 1.42. The standard InChI is InChI=1S/C17H26FN3OS/c1-3-19-16(21-11-17(22)7-9-23-12-17)20-8-6-14-4-5-15(18)10-13(14)2/h4-5,10,22H,3,6-9,11-12H2,1-2H3,(H2,19,20,21). The Morgan fingerprint density at radius 1 is 1.43 bits per heavy atom. The van der Waals surface area contributed by atoms with Crippen LogP contribution in [-0.2, 0) is 6.42 Å². The molecule has 1 aliphatic heterocycles. The number of aliphatic imine (C=N–C) groups is 1. The van der Waals surface area contributed by atoms with E-state index in [2.05, 4.69) is 15.6 Å². The lowest BCUT2D eigenvalue weighted by Crippen LogP contribution is -2.40. The van der Waals surface area contributed by atoms with Gasteiger partial charge in [-0.05, 0) is 55.7 Å². The molecule has 3 N–H and O–H groups in total. The third-order valence-electron chi connectivity index (χ3n) is 3.95. The Morgan fingerprint density at radius 2 is 2.26 bits per heavy atom. The summed E-state index contributed by atoms with van der Waals surface area (Å²) >= 11 is 1.77. The van der Waals surface area contributed by atoms with Crippen LogP contribution in [0.4, 0.5) is 4.39 Å². The number of hydrogen-bond donors (Lipinski definition) is 3. The molecule has 0 amide bonds. The van der Waals surface area contributed by atoms with Gasteiger partial charge in [-0.15, -0.1) is 0 Å². The molecule has 0 saturated carbocycles. The SMILES string of the molecule is CCNC(=NCC1(O)CCSC1)NCCc1ccc(F)cc1C. The van der Waals surface area contributed by atoms with Gasteiger partial charge in [0.15, 0.2) is 5.96 Å². The Balaban J connectivity index is 1.86. The zero-order valence-corrected chi connectivity index (χ0v) is 14.7. The number of guanidine groups is 1. The van der Waals surface area contributed by atoms with Crippen molar-refractivity contribution in [3.8, 4) is 0 Å². The Hall–Kier alpha value is -1.27. The highest BCUT2D eigenvalue weighted by Gasteiger charge is 2.31. The van der Waals surface area contributed by atoms with Crippen molar-refractivity contribution in [2.24, 2.45) is 4.99 Å². The monoisotopic (exact) mass is 339 g/mol. The van der Waals surface area contributed by atoms with Crippen LogP contribution in [0.3, 0.4) is 0 Å². The normalized spacial score (nSPS) is 21.5. The van der Waals surface area contributed by atoms with E-state index in [0.717, 1.165) is 48.0 Å². The van der Waals surface area contributed by atoms with E-state index in [0.29, 0.717) is 13.1 Å². The van der Waals surface area contributed by atoms with Crippen molar-refractivity contribution in [1.29, 1.82) is 0 Å². The second-order valence-corrected chi connectivity index (χ2v) is 7.07. The fraction of sp³-hybridized carbons (Fsp3) is 0.588. The Morgan fingerprint density at radius 3 is 2.91 bits per heavy atom. The maximum Gasteiger partial charge on any atom is 0.191 e. The Bertz CT molecular complexity index is 545. The van der Waals surface area contributed by atoms with E-state index in [1.54, 1.807) is 17.8 Å². The number of aliphatic hydroxyl groups is 1. The van der Waals surface area contributed by atoms with E-state index in [1.165, 1.54) is 6.07 Å². The van der Waals surface area contributed by atoms with E-state index in [1.807, 2.05) is 19.9 Å². The first-order chi connectivity index (χ1) is 11.0. The van der Waals surface area contributed by atoms with Crippen molar-refractivity contribution < 1.29 is 9.50 Å². The van der Waals surface area contributed by atoms with Crippen LogP contribution in [0.1, 0.15) is 24.5 Å². The summed E-state index contributed by atoms with van der Waals surface area (Å²) in [4.78, 5) is 4.51. The first kappa shape index (κ1) is 18.1. The molecule has 2 rings (SSSR count). The van der Waals surface area contributed by atoms with Crippen LogP contribution < -0.4 is 10.6 Å². The first-order valence-corrected chi connectivity index (χ1v) is 9.25. The van der Waals surface area contributed by atoms with Gasteiger partial charge in [-0.3, -0.25) is 4.99 Å². The van der Waals surface area contributed by atoms with E-state index in [4.69, 9.17) is 0 Å². The van der Waals surface area contributed by atoms with Crippen molar-refractivity contribution in [2.75, 3.05) is 31.1 Å². The molecule has 0 spiro atoms. The summed E-state index contributed by atoms with van der Waals surface area (Å²) in [6, 6.07) is 4.88. The summed E-state index contributed by atoms with van der Waals surface area (Å²) in [5, 5.41) is 16.8. The fourth-order valence-corrected chi connectivity index (χ4v) is 3.83. The molecule has 1 unspecified atom stereocenters. The van der Waals surface area contributed by atoms with Crippen molar-refractivity contribution >= 4 is 17.7 Å². The number of benzene rings is 1. The highest BCUT2D eigenvalue weighted by atomic mass is 32.2. The maximum absolute atomic E-state index is 13.1. The van der Waals surface area contributed by atoms with Crippen LogP contribution in [-0.4, -0.2) is 47.8 Å². The van der Waals surface area contributed by atoms with Crippen LogP contribution in [0.15, 0.2) is 23.2 Å². The molecular weight excluding hydrogens is 313 g/mol. The molecule has 1 aromatic rings. The molecule has 128 valence electrons. The largest absolute Gasteiger partial charge is 0.387 e. The highest BCUT2D eigenvalue weighted by Crippen LogP contribution is 2.27. The molecule has 0 aromatic heterocycles. The van der Waals surface area contributed by atoms with Crippen molar-refractivity contribution in [2.45, 2.75) is 32.3 Å². The third kappa shape index (κ3) is 5.70. The topological polar surface area (TPSA) is 56.7 Å². The van der Waals surface area contributed by atoms with Gasteiger partial charge in [-0.25, -0.2) is 4.39 Å². The van der Waals surface area contributed by atoms with E-state index in [9.17, 15) is 9.50 Å². The molecule has 0 radical (unpaired) electrons. The molecule has 1 fully saturated rings. The van der Waals surface area contributed by atoms with E-state index < -0.39 is 5.60 Å². The second-order valence-electron chi connectivity index (χ2n) is 5.97. The highest BCUT2D eigenvalue weighted by molar-refractivity contribution is 7.99. The van der Waals surface area contributed by atoms with Crippen molar-refractivity contribution in [1.82, 2.24) is 10.6 Å². The number of nitrogens with zero attached hydrogens (tertiary/aromatic N) is 1. The molecule has 1 heterocycles. The number of rotatable bonds is 6. The molecule has 1 aromatic carbocycles. The number of nitrogens with one attached hydrogen (secondary N) is 2. The number of aryl methyl sites for hydroxylation is 1. The smallest absolute Gasteiger partial charge is 0.191 e. The molecule has 1 atom stereocenters. The average molecular weight is 339 g/mol. The van der Waals surface area contributed by atoms with Gasteiger partial charge in [-0.1, -0.05) is 6.07 Å². The van der Waals surface area contributed by atoms with Gasteiger partial charge < -0.3 is 15.7 Å². The summed E-state index contributed by atoms with van der Waals surface area (Å²) < 4.78 is 13.1. The third-order valence-corrected chi connectivity index (χ3v) is 5.18. The molecular formula is C17H26FN3OS. The zero-order valence-electron chi connectivity index (χ0n) is 13.9. The van der Waals surface area contributed by atoms with Gasteiger partial charge in [0, 0.05) is 18.8 Å². The van der Waals surface area contributed by atoms with Gasteiger partial charge >= 0.3 is 0 Å². The minimum atomic E-state index is -0.666. The summed E-state index contributed by atoms with van der Waals surface area (Å²) in [6.45, 7) is 5.84. The Kier molecular flexibility index (Phi) is 6.72. The summed E-state index contributed by atoms with van der Waals surface area (Å²) in [6.07, 6.45) is 1.60. The number of hydrogen-bond acceptors (Lipinski definition) is 3. The zero-order chi connectivity index (χ0) is 16.7. The van der Waals surface area contributed by atoms with Crippen LogP contribution in [0, 0.1) is 12.7 Å². The van der Waals surface area contributed by atoms with Crippen molar-refractivity contribution in [3.05, 3.63) is 35.1 Å². The van der Waals surface area contributed by atoms with Gasteiger partial charge in [0.05, 0.1) is 12.1 Å². The number of halogens is 1. The lowest BCUT2D eigenvalue weighted by molar-refractivity contribution is 0.0778. The van der Waals surface area contributed by atoms with Gasteiger partial charge in [-0.2, -0.15) is 11.8 Å². The van der Waals surface area contributed by atoms with Crippen LogP contribution in [0.25, 0.3) is 0 Å². The van der Waals surface area contributed by atoms with Gasteiger partial charge in [0.1, 0.15) is 5.82 Å². The van der Waals surface area contributed by atoms with Crippen LogP contribution in [0.5, 0.6) is 0 Å². The molecule has 6 heteroatoms. The average Bonchev–Trinajstić information content (AvgIpc) is 2.94. The van der Waals surface area contributed by atoms with Gasteiger partial charge in [0.25, 0.3) is 0 Å². The quantitative estimate of drug-likeness (QED) is 0.549. The lowest BCUT2D eigenvalue weighted by Gasteiger charge is -2.20. The second kappa shape index (κ2) is 8.55. The van der Waals surface area contributed by atoms with E-state index in [-0.39, 0.29) is 5.82 Å². The predicted octanol–water partition coefficient (Wildman–Crippen LogP) is 2.10. The summed E-state index contributed by atoms with van der Waals surface area (Å²) in [5.74, 6) is 2.28. The maximum atomic E-state index is 13.1. The molecule has 0 bridgehead atoms. The lowest BCUT2D eigenvalue weighted by atomic mass is 10.0. The molecule has 1 aliphatic rings. The molecule has 23 heavy (non-hydrogen) atoms. The fourth-order valence-electron chi connectivity index (χ4n) is 2.54. The minimum Gasteiger partial charge on any atom is -0.387 e. The predicted molar refractivity (Wildman–Crippen MR) is 95.7 cm³/mol. The molecule has 0 aliphatic carbocycles. The minimum absolute atomic E-state index is 0.197. The van der Waals surface area contributed by atoms with Gasteiger partial charge in [0.2, 0.25) is 0 Å². The van der Waals surface area contributed by atoms with Crippen molar-refractivity contribution in [3.63, 3.8) is 0 Å².